The highest BCUT2D eigenvalue weighted by Gasteiger charge is 2.34. The van der Waals surface area contributed by atoms with Gasteiger partial charge in [-0.3, -0.25) is 9.59 Å². The van der Waals surface area contributed by atoms with Crippen LogP contribution in [0.25, 0.3) is 0 Å². The molecule has 0 saturated heterocycles. The molecule has 0 bridgehead atoms. The van der Waals surface area contributed by atoms with Crippen LogP contribution in [0.5, 0.6) is 0 Å². The van der Waals surface area contributed by atoms with Crippen LogP contribution in [0, 0.1) is 28.6 Å². The maximum Gasteiger partial charge on any atom is 0.306 e. The van der Waals surface area contributed by atoms with E-state index in [-0.39, 0.29) is 11.8 Å². The van der Waals surface area contributed by atoms with Gasteiger partial charge in [-0.2, -0.15) is 5.26 Å². The van der Waals surface area contributed by atoms with Crippen LogP contribution in [0.15, 0.2) is 0 Å². The summed E-state index contributed by atoms with van der Waals surface area (Å²) in [5, 5.41) is 20.4. The lowest BCUT2D eigenvalue weighted by atomic mass is 9.95. The fourth-order valence-corrected chi connectivity index (χ4v) is 1.94. The SMILES string of the molecule is CC(C)(C#N)CNC(=O)[C@@H]1CC[C@H](C(=O)O)C1. The minimum atomic E-state index is -0.822. The summed E-state index contributed by atoms with van der Waals surface area (Å²) < 4.78 is 0. The molecule has 1 saturated carbocycles. The molecule has 0 aromatic carbocycles. The zero-order chi connectivity index (χ0) is 13.1. The van der Waals surface area contributed by atoms with Crippen LogP contribution in [-0.4, -0.2) is 23.5 Å². The Hall–Kier alpha value is -1.57. The summed E-state index contributed by atoms with van der Waals surface area (Å²) in [6.07, 6.45) is 1.60. The van der Waals surface area contributed by atoms with E-state index in [1.165, 1.54) is 0 Å². The van der Waals surface area contributed by atoms with E-state index in [0.717, 1.165) is 0 Å². The van der Waals surface area contributed by atoms with Gasteiger partial charge in [-0.1, -0.05) is 0 Å². The van der Waals surface area contributed by atoms with Gasteiger partial charge in [-0.05, 0) is 33.1 Å². The van der Waals surface area contributed by atoms with Gasteiger partial charge in [0.25, 0.3) is 0 Å². The van der Waals surface area contributed by atoms with Crippen LogP contribution in [0.4, 0.5) is 0 Å². The van der Waals surface area contributed by atoms with Crippen LogP contribution < -0.4 is 5.32 Å². The van der Waals surface area contributed by atoms with E-state index < -0.39 is 17.3 Å². The molecule has 1 amide bonds. The minimum absolute atomic E-state index is 0.128. The fraction of sp³-hybridized carbons (Fsp3) is 0.750. The fourth-order valence-electron chi connectivity index (χ4n) is 1.94. The molecule has 5 nitrogen and oxygen atoms in total. The van der Waals surface area contributed by atoms with Crippen molar-refractivity contribution in [3.05, 3.63) is 0 Å². The second-order valence-corrected chi connectivity index (χ2v) is 5.26. The second-order valence-electron chi connectivity index (χ2n) is 5.26. The third-order valence-corrected chi connectivity index (χ3v) is 3.16. The molecule has 2 N–H and O–H groups in total. The van der Waals surface area contributed by atoms with Crippen LogP contribution in [0.2, 0.25) is 0 Å². The molecule has 1 aliphatic carbocycles. The first-order chi connectivity index (χ1) is 7.85. The van der Waals surface area contributed by atoms with Gasteiger partial charge >= 0.3 is 5.97 Å². The van der Waals surface area contributed by atoms with E-state index >= 15 is 0 Å². The Morgan fingerprint density at radius 1 is 1.41 bits per heavy atom. The standard InChI is InChI=1S/C12H18N2O3/c1-12(2,6-13)7-14-10(15)8-3-4-9(5-8)11(16)17/h8-9H,3-5,7H2,1-2H3,(H,14,15)(H,16,17)/t8-,9+/m1/s1. The largest absolute Gasteiger partial charge is 0.481 e. The number of nitrogens with one attached hydrogen (secondary N) is 1. The van der Waals surface area contributed by atoms with Crippen LogP contribution in [0.1, 0.15) is 33.1 Å². The third kappa shape index (κ3) is 3.74. The quantitative estimate of drug-likeness (QED) is 0.768. The Labute approximate surface area is 101 Å². The third-order valence-electron chi connectivity index (χ3n) is 3.16. The lowest BCUT2D eigenvalue weighted by Gasteiger charge is -2.17. The zero-order valence-electron chi connectivity index (χ0n) is 10.2. The number of carbonyl (C=O) groups excluding carboxylic acids is 1. The molecule has 0 spiro atoms. The van der Waals surface area contributed by atoms with Crippen molar-refractivity contribution in [2.45, 2.75) is 33.1 Å². The normalized spacial score (nSPS) is 24.1. The van der Waals surface area contributed by atoms with Gasteiger partial charge in [0.15, 0.2) is 0 Å². The van der Waals surface area contributed by atoms with E-state index in [9.17, 15) is 9.59 Å². The Balaban J connectivity index is 2.41. The number of carboxylic acids is 1. The highest BCUT2D eigenvalue weighted by Crippen LogP contribution is 2.31. The summed E-state index contributed by atoms with van der Waals surface area (Å²) in [6, 6.07) is 2.11. The monoisotopic (exact) mass is 238 g/mol. The first kappa shape index (κ1) is 13.5. The first-order valence-corrected chi connectivity index (χ1v) is 5.77. The van der Waals surface area contributed by atoms with Crippen molar-refractivity contribution in [3.63, 3.8) is 0 Å². The number of carboxylic acid groups (broad SMARTS) is 1. The van der Waals surface area contributed by atoms with Crippen molar-refractivity contribution in [3.8, 4) is 6.07 Å². The van der Waals surface area contributed by atoms with Crippen molar-refractivity contribution in [1.82, 2.24) is 5.32 Å². The van der Waals surface area contributed by atoms with Crippen LogP contribution in [-0.2, 0) is 9.59 Å². The van der Waals surface area contributed by atoms with Crippen molar-refractivity contribution in [2.75, 3.05) is 6.54 Å². The van der Waals surface area contributed by atoms with Crippen LogP contribution in [0.3, 0.4) is 0 Å². The van der Waals surface area contributed by atoms with Gasteiger partial charge in [-0.25, -0.2) is 0 Å². The molecule has 17 heavy (non-hydrogen) atoms. The van der Waals surface area contributed by atoms with Crippen molar-refractivity contribution in [2.24, 2.45) is 17.3 Å². The summed E-state index contributed by atoms with van der Waals surface area (Å²) >= 11 is 0. The molecule has 2 atom stereocenters. The molecular weight excluding hydrogens is 220 g/mol. The van der Waals surface area contributed by atoms with E-state index in [1.54, 1.807) is 13.8 Å². The van der Waals surface area contributed by atoms with E-state index in [2.05, 4.69) is 11.4 Å². The Morgan fingerprint density at radius 2 is 2.00 bits per heavy atom. The first-order valence-electron chi connectivity index (χ1n) is 5.77. The predicted molar refractivity (Wildman–Crippen MR) is 60.9 cm³/mol. The zero-order valence-corrected chi connectivity index (χ0v) is 10.2. The summed E-state index contributed by atoms with van der Waals surface area (Å²) in [6.45, 7) is 3.81. The van der Waals surface area contributed by atoms with Crippen molar-refractivity contribution in [1.29, 1.82) is 5.26 Å². The summed E-state index contributed by atoms with van der Waals surface area (Å²) in [5.74, 6) is -1.56. The minimum Gasteiger partial charge on any atom is -0.481 e. The molecule has 0 aliphatic heterocycles. The molecule has 0 heterocycles. The predicted octanol–water partition coefficient (Wildman–Crippen LogP) is 1.15. The molecule has 0 radical (unpaired) electrons. The molecule has 1 rings (SSSR count). The number of hydrogen-bond donors (Lipinski definition) is 2. The maximum absolute atomic E-state index is 11.8. The van der Waals surface area contributed by atoms with Gasteiger partial charge in [0.1, 0.15) is 0 Å². The van der Waals surface area contributed by atoms with Gasteiger partial charge in [0.2, 0.25) is 5.91 Å². The van der Waals surface area contributed by atoms with Gasteiger partial charge in [0.05, 0.1) is 17.4 Å². The number of aliphatic carboxylic acids is 1. The maximum atomic E-state index is 11.8. The second kappa shape index (κ2) is 5.17. The molecule has 94 valence electrons. The molecule has 5 heteroatoms. The number of carbonyl (C=O) groups is 2. The van der Waals surface area contributed by atoms with Gasteiger partial charge < -0.3 is 10.4 Å². The lowest BCUT2D eigenvalue weighted by molar-refractivity contribution is -0.141. The smallest absolute Gasteiger partial charge is 0.306 e. The van der Waals surface area contributed by atoms with Crippen molar-refractivity contribution < 1.29 is 14.7 Å². The van der Waals surface area contributed by atoms with Crippen LogP contribution >= 0.6 is 0 Å². The number of amides is 1. The summed E-state index contributed by atoms with van der Waals surface area (Å²) in [5.41, 5.74) is -0.583. The molecule has 0 aromatic heterocycles. The Morgan fingerprint density at radius 3 is 2.47 bits per heavy atom. The summed E-state index contributed by atoms with van der Waals surface area (Å²) in [4.78, 5) is 22.5. The average Bonchev–Trinajstić information content (AvgIpc) is 2.75. The highest BCUT2D eigenvalue weighted by molar-refractivity contribution is 5.80. The van der Waals surface area contributed by atoms with Crippen molar-refractivity contribution >= 4 is 11.9 Å². The highest BCUT2D eigenvalue weighted by atomic mass is 16.4. The number of rotatable bonds is 4. The molecule has 1 aliphatic rings. The lowest BCUT2D eigenvalue weighted by Crippen LogP contribution is -2.36. The average molecular weight is 238 g/mol. The van der Waals surface area contributed by atoms with E-state index in [0.29, 0.717) is 25.8 Å². The Bertz CT molecular complexity index is 357. The number of nitrogens with zero attached hydrogens (tertiary/aromatic N) is 1. The topological polar surface area (TPSA) is 90.2 Å². The van der Waals surface area contributed by atoms with Gasteiger partial charge in [-0.15, -0.1) is 0 Å². The van der Waals surface area contributed by atoms with E-state index in [1.807, 2.05) is 0 Å². The summed E-state index contributed by atoms with van der Waals surface area (Å²) in [7, 11) is 0. The molecule has 0 unspecified atom stereocenters. The number of nitriles is 1. The molecule has 0 aromatic rings. The van der Waals surface area contributed by atoms with E-state index in [4.69, 9.17) is 10.4 Å². The van der Waals surface area contributed by atoms with Gasteiger partial charge in [0, 0.05) is 12.5 Å². The number of hydrogen-bond acceptors (Lipinski definition) is 3. The Kier molecular flexibility index (Phi) is 4.11. The molecular formula is C12H18N2O3. The molecule has 1 fully saturated rings.